The summed E-state index contributed by atoms with van der Waals surface area (Å²) in [5.41, 5.74) is -0.319. The number of unbranched alkanes of at least 4 members (excludes halogenated alkanes) is 2. The second-order valence-corrected chi connectivity index (χ2v) is 4.80. The van der Waals surface area contributed by atoms with E-state index in [0.717, 1.165) is 25.7 Å². The van der Waals surface area contributed by atoms with Gasteiger partial charge in [0, 0.05) is 19.2 Å². The van der Waals surface area contributed by atoms with Gasteiger partial charge in [-0.1, -0.05) is 26.7 Å². The van der Waals surface area contributed by atoms with Crippen LogP contribution in [-0.4, -0.2) is 34.1 Å². The van der Waals surface area contributed by atoms with E-state index in [1.807, 2.05) is 18.7 Å². The second kappa shape index (κ2) is 8.18. The Bertz CT molecular complexity index is 497. The fourth-order valence-corrected chi connectivity index (χ4v) is 1.96. The third-order valence-electron chi connectivity index (χ3n) is 3.13. The van der Waals surface area contributed by atoms with Crippen LogP contribution < -0.4 is 4.90 Å². The van der Waals surface area contributed by atoms with Gasteiger partial charge in [-0.2, -0.15) is 0 Å². The summed E-state index contributed by atoms with van der Waals surface area (Å²) in [4.78, 5) is 27.5. The molecule has 0 saturated carbocycles. The zero-order valence-electron chi connectivity index (χ0n) is 12.4. The molecule has 7 heteroatoms. The van der Waals surface area contributed by atoms with Gasteiger partial charge in [0.25, 0.3) is 0 Å². The van der Waals surface area contributed by atoms with E-state index in [4.69, 9.17) is 5.11 Å². The van der Waals surface area contributed by atoms with E-state index >= 15 is 0 Å². The highest BCUT2D eigenvalue weighted by molar-refractivity contribution is 5.86. The second-order valence-electron chi connectivity index (χ2n) is 4.80. The van der Waals surface area contributed by atoms with Crippen molar-refractivity contribution < 1.29 is 14.8 Å². The maximum absolute atomic E-state index is 11.1. The van der Waals surface area contributed by atoms with Crippen molar-refractivity contribution in [3.05, 3.63) is 27.9 Å². The normalized spacial score (nSPS) is 10.4. The number of rotatable bonds is 9. The molecule has 0 spiro atoms. The number of hydrogen-bond donors (Lipinski definition) is 1. The first-order valence-corrected chi connectivity index (χ1v) is 7.14. The maximum Gasteiger partial charge on any atom is 0.354 e. The van der Waals surface area contributed by atoms with Gasteiger partial charge < -0.3 is 10.0 Å². The van der Waals surface area contributed by atoms with Gasteiger partial charge in [0.1, 0.15) is 0 Å². The minimum atomic E-state index is -1.18. The molecule has 0 amide bonds. The Balaban J connectivity index is 3.19. The summed E-state index contributed by atoms with van der Waals surface area (Å²) >= 11 is 0. The van der Waals surface area contributed by atoms with E-state index in [-0.39, 0.29) is 17.2 Å². The number of anilines is 1. The van der Waals surface area contributed by atoms with Crippen molar-refractivity contribution in [2.75, 3.05) is 18.0 Å². The highest BCUT2D eigenvalue weighted by atomic mass is 16.6. The molecule has 0 aromatic carbocycles. The summed E-state index contributed by atoms with van der Waals surface area (Å²) in [5.74, 6) is -1.03. The SMILES string of the molecule is CCCCN(CCCC)c1nc(C(=O)O)ccc1[N+](=O)[O-]. The van der Waals surface area contributed by atoms with Crippen LogP contribution in [0.5, 0.6) is 0 Å². The number of carboxylic acids is 1. The van der Waals surface area contributed by atoms with Gasteiger partial charge in [0.2, 0.25) is 5.82 Å². The Kier molecular flexibility index (Phi) is 6.58. The lowest BCUT2D eigenvalue weighted by Crippen LogP contribution is -2.28. The highest BCUT2D eigenvalue weighted by Crippen LogP contribution is 2.27. The molecule has 0 atom stereocenters. The summed E-state index contributed by atoms with van der Waals surface area (Å²) in [7, 11) is 0. The van der Waals surface area contributed by atoms with Crippen LogP contribution in [0.25, 0.3) is 0 Å². The zero-order chi connectivity index (χ0) is 15.8. The van der Waals surface area contributed by atoms with E-state index in [2.05, 4.69) is 4.98 Å². The van der Waals surface area contributed by atoms with Crippen molar-refractivity contribution in [2.24, 2.45) is 0 Å². The van der Waals surface area contributed by atoms with Crippen molar-refractivity contribution in [1.29, 1.82) is 0 Å². The summed E-state index contributed by atoms with van der Waals surface area (Å²) in [6.45, 7) is 5.34. The Morgan fingerprint density at radius 2 is 1.86 bits per heavy atom. The van der Waals surface area contributed by atoms with Gasteiger partial charge in [-0.3, -0.25) is 10.1 Å². The molecule has 1 aromatic rings. The van der Waals surface area contributed by atoms with Crippen LogP contribution in [0.15, 0.2) is 12.1 Å². The van der Waals surface area contributed by atoms with Crippen LogP contribution in [0, 0.1) is 10.1 Å². The van der Waals surface area contributed by atoms with E-state index in [0.29, 0.717) is 13.1 Å². The predicted octanol–water partition coefficient (Wildman–Crippen LogP) is 3.09. The Morgan fingerprint density at radius 3 is 2.29 bits per heavy atom. The summed E-state index contributed by atoms with van der Waals surface area (Å²) in [6.07, 6.45) is 3.66. The molecule has 21 heavy (non-hydrogen) atoms. The van der Waals surface area contributed by atoms with Crippen LogP contribution in [0.2, 0.25) is 0 Å². The summed E-state index contributed by atoms with van der Waals surface area (Å²) in [5, 5.41) is 20.2. The van der Waals surface area contributed by atoms with E-state index in [1.54, 1.807) is 0 Å². The third-order valence-corrected chi connectivity index (χ3v) is 3.13. The lowest BCUT2D eigenvalue weighted by Gasteiger charge is -2.23. The maximum atomic E-state index is 11.1. The molecule has 1 rings (SSSR count). The first-order valence-electron chi connectivity index (χ1n) is 7.14. The number of carboxylic acid groups (broad SMARTS) is 1. The average Bonchev–Trinajstić information content (AvgIpc) is 2.46. The minimum Gasteiger partial charge on any atom is -0.477 e. The van der Waals surface area contributed by atoms with Crippen molar-refractivity contribution in [1.82, 2.24) is 4.98 Å². The van der Waals surface area contributed by atoms with Gasteiger partial charge in [0.15, 0.2) is 5.69 Å². The van der Waals surface area contributed by atoms with Crippen molar-refractivity contribution in [3.8, 4) is 0 Å². The van der Waals surface area contributed by atoms with Gasteiger partial charge >= 0.3 is 11.7 Å². The molecule has 1 N–H and O–H groups in total. The lowest BCUT2D eigenvalue weighted by molar-refractivity contribution is -0.384. The molecule has 0 bridgehead atoms. The minimum absolute atomic E-state index is 0.146. The first kappa shape index (κ1) is 16.9. The largest absolute Gasteiger partial charge is 0.477 e. The highest BCUT2D eigenvalue weighted by Gasteiger charge is 2.23. The molecule has 0 aliphatic carbocycles. The number of aromatic nitrogens is 1. The number of hydrogen-bond acceptors (Lipinski definition) is 5. The molecular formula is C14H21N3O4. The predicted molar refractivity (Wildman–Crippen MR) is 79.9 cm³/mol. The van der Waals surface area contributed by atoms with Crippen LogP contribution in [0.1, 0.15) is 50.0 Å². The first-order chi connectivity index (χ1) is 10.0. The summed E-state index contributed by atoms with van der Waals surface area (Å²) in [6, 6.07) is 2.39. The molecule has 1 aromatic heterocycles. The Morgan fingerprint density at radius 1 is 1.29 bits per heavy atom. The summed E-state index contributed by atoms with van der Waals surface area (Å²) < 4.78 is 0. The lowest BCUT2D eigenvalue weighted by atomic mass is 10.2. The van der Waals surface area contributed by atoms with E-state index in [1.165, 1.54) is 12.1 Å². The monoisotopic (exact) mass is 295 g/mol. The van der Waals surface area contributed by atoms with E-state index in [9.17, 15) is 14.9 Å². The van der Waals surface area contributed by atoms with Crippen LogP contribution in [-0.2, 0) is 0 Å². The molecule has 0 aliphatic rings. The Labute approximate surface area is 123 Å². The number of nitro groups is 1. The molecule has 7 nitrogen and oxygen atoms in total. The molecule has 0 saturated heterocycles. The topological polar surface area (TPSA) is 96.6 Å². The van der Waals surface area contributed by atoms with Gasteiger partial charge in [-0.25, -0.2) is 9.78 Å². The van der Waals surface area contributed by atoms with Crippen LogP contribution in [0.3, 0.4) is 0 Å². The number of aromatic carboxylic acids is 1. The quantitative estimate of drug-likeness (QED) is 0.555. The van der Waals surface area contributed by atoms with Gasteiger partial charge in [-0.05, 0) is 18.9 Å². The third kappa shape index (κ3) is 4.70. The smallest absolute Gasteiger partial charge is 0.354 e. The standard InChI is InChI=1S/C14H21N3O4/c1-3-5-9-16(10-6-4-2)13-12(17(20)21)8-7-11(15-13)14(18)19/h7-8H,3-6,9-10H2,1-2H3,(H,18,19). The van der Waals surface area contributed by atoms with Gasteiger partial charge in [0.05, 0.1) is 4.92 Å². The van der Waals surface area contributed by atoms with E-state index < -0.39 is 10.9 Å². The fourth-order valence-electron chi connectivity index (χ4n) is 1.96. The molecular weight excluding hydrogens is 274 g/mol. The van der Waals surface area contributed by atoms with Crippen molar-refractivity contribution >= 4 is 17.5 Å². The zero-order valence-corrected chi connectivity index (χ0v) is 12.4. The number of nitrogens with zero attached hydrogens (tertiary/aromatic N) is 3. The van der Waals surface area contributed by atoms with Crippen molar-refractivity contribution in [3.63, 3.8) is 0 Å². The van der Waals surface area contributed by atoms with Gasteiger partial charge in [-0.15, -0.1) is 0 Å². The number of pyridine rings is 1. The Hall–Kier alpha value is -2.18. The number of carbonyl (C=O) groups is 1. The fraction of sp³-hybridized carbons (Fsp3) is 0.571. The molecule has 0 radical (unpaired) electrons. The average molecular weight is 295 g/mol. The molecule has 1 heterocycles. The molecule has 116 valence electrons. The van der Waals surface area contributed by atoms with Crippen LogP contribution >= 0.6 is 0 Å². The van der Waals surface area contributed by atoms with Crippen LogP contribution in [0.4, 0.5) is 11.5 Å². The molecule has 0 aliphatic heterocycles. The molecule has 0 fully saturated rings. The molecule has 0 unspecified atom stereocenters. The van der Waals surface area contributed by atoms with Crippen molar-refractivity contribution in [2.45, 2.75) is 39.5 Å².